The zero-order valence-electron chi connectivity index (χ0n) is 14.4. The van der Waals surface area contributed by atoms with Gasteiger partial charge in [0, 0.05) is 17.1 Å². The summed E-state index contributed by atoms with van der Waals surface area (Å²) in [5, 5.41) is 0. The fraction of sp³-hybridized carbons (Fsp3) is 0.286. The zero-order chi connectivity index (χ0) is 17.6. The maximum atomic E-state index is 12.2. The van der Waals surface area contributed by atoms with E-state index in [-0.39, 0.29) is 5.91 Å². The van der Waals surface area contributed by atoms with Gasteiger partial charge >= 0.3 is 0 Å². The van der Waals surface area contributed by atoms with E-state index in [4.69, 9.17) is 4.74 Å². The van der Waals surface area contributed by atoms with Gasteiger partial charge in [0.15, 0.2) is 0 Å². The molecule has 1 amide bonds. The molecule has 130 valence electrons. The first-order valence-corrected chi connectivity index (χ1v) is 9.30. The Morgan fingerprint density at radius 2 is 1.88 bits per heavy atom. The molecule has 2 aromatic rings. The van der Waals surface area contributed by atoms with Gasteiger partial charge in [-0.2, -0.15) is 0 Å². The molecule has 1 heterocycles. The summed E-state index contributed by atoms with van der Waals surface area (Å²) in [7, 11) is 1.68. The number of carbonyl (C=O) groups excluding carboxylic acids is 1. The third-order valence-corrected chi connectivity index (χ3v) is 5.26. The Labute approximate surface area is 157 Å². The van der Waals surface area contributed by atoms with Crippen molar-refractivity contribution in [3.05, 3.63) is 75.9 Å². The predicted molar refractivity (Wildman–Crippen MR) is 103 cm³/mol. The summed E-state index contributed by atoms with van der Waals surface area (Å²) in [5.41, 5.74) is 3.71. The molecule has 0 saturated carbocycles. The second-order valence-corrected chi connectivity index (χ2v) is 7.11. The van der Waals surface area contributed by atoms with E-state index in [0.29, 0.717) is 13.0 Å². The van der Waals surface area contributed by atoms with Gasteiger partial charge in [0.25, 0.3) is 0 Å². The second kappa shape index (κ2) is 8.34. The number of ether oxygens (including phenoxy) is 1. The van der Waals surface area contributed by atoms with Crippen LogP contribution in [0.2, 0.25) is 0 Å². The highest BCUT2D eigenvalue weighted by molar-refractivity contribution is 9.10. The van der Waals surface area contributed by atoms with Crippen molar-refractivity contribution < 1.29 is 9.53 Å². The maximum absolute atomic E-state index is 12.2. The van der Waals surface area contributed by atoms with E-state index in [9.17, 15) is 4.79 Å². The van der Waals surface area contributed by atoms with Gasteiger partial charge in [-0.1, -0.05) is 51.8 Å². The van der Waals surface area contributed by atoms with E-state index in [1.165, 1.54) is 11.1 Å². The highest BCUT2D eigenvalue weighted by Gasteiger charge is 2.19. The van der Waals surface area contributed by atoms with Crippen molar-refractivity contribution in [1.29, 1.82) is 0 Å². The Morgan fingerprint density at radius 1 is 1.08 bits per heavy atom. The molecule has 0 fully saturated rings. The maximum Gasteiger partial charge on any atom is 0.227 e. The summed E-state index contributed by atoms with van der Waals surface area (Å²) >= 11 is 3.61. The first-order valence-electron chi connectivity index (χ1n) is 8.51. The summed E-state index contributed by atoms with van der Waals surface area (Å²) in [5.74, 6) is 1.08. The zero-order valence-corrected chi connectivity index (χ0v) is 16.0. The smallest absolute Gasteiger partial charge is 0.227 e. The lowest BCUT2D eigenvalue weighted by Crippen LogP contribution is -2.28. The first kappa shape index (κ1) is 17.7. The third-order valence-electron chi connectivity index (χ3n) is 4.48. The molecule has 3 rings (SSSR count). The number of carbonyl (C=O) groups is 1. The van der Waals surface area contributed by atoms with Gasteiger partial charge in [-0.15, -0.1) is 0 Å². The molecule has 2 aromatic carbocycles. The molecule has 25 heavy (non-hydrogen) atoms. The summed E-state index contributed by atoms with van der Waals surface area (Å²) < 4.78 is 6.41. The predicted octanol–water partition coefficient (Wildman–Crippen LogP) is 5.10. The highest BCUT2D eigenvalue weighted by atomic mass is 79.9. The van der Waals surface area contributed by atoms with Crippen molar-refractivity contribution in [2.24, 2.45) is 0 Å². The quantitative estimate of drug-likeness (QED) is 0.676. The number of amides is 1. The minimum absolute atomic E-state index is 0.204. The van der Waals surface area contributed by atoms with Crippen LogP contribution in [0, 0.1) is 0 Å². The highest BCUT2D eigenvalue weighted by Crippen LogP contribution is 2.27. The normalized spacial score (nSPS) is 14.4. The largest absolute Gasteiger partial charge is 0.497 e. The number of allylic oxidation sites excluding steroid dienone is 1. The minimum atomic E-state index is 0.204. The Hall–Kier alpha value is -2.07. The van der Waals surface area contributed by atoms with Gasteiger partial charge in [0.05, 0.1) is 13.7 Å². The van der Waals surface area contributed by atoms with Crippen molar-refractivity contribution in [3.63, 3.8) is 0 Å². The number of aryl methyl sites for hydroxylation is 1. The van der Waals surface area contributed by atoms with Crippen LogP contribution in [0.15, 0.2) is 64.8 Å². The van der Waals surface area contributed by atoms with E-state index in [0.717, 1.165) is 35.0 Å². The van der Waals surface area contributed by atoms with Crippen LogP contribution in [0.5, 0.6) is 5.75 Å². The monoisotopic (exact) mass is 399 g/mol. The Balaban J connectivity index is 1.67. The second-order valence-electron chi connectivity index (χ2n) is 6.25. The van der Waals surface area contributed by atoms with E-state index >= 15 is 0 Å². The fourth-order valence-electron chi connectivity index (χ4n) is 3.04. The van der Waals surface area contributed by atoms with Crippen molar-refractivity contribution >= 4 is 21.8 Å². The number of hydrogen-bond donors (Lipinski definition) is 0. The molecular formula is C21H22BrNO2. The van der Waals surface area contributed by atoms with Gasteiger partial charge in [-0.05, 0) is 48.6 Å². The molecule has 0 aliphatic carbocycles. The van der Waals surface area contributed by atoms with Crippen LogP contribution in [0.4, 0.5) is 0 Å². The van der Waals surface area contributed by atoms with Gasteiger partial charge in [-0.3, -0.25) is 4.79 Å². The summed E-state index contributed by atoms with van der Waals surface area (Å²) in [4.78, 5) is 14.1. The van der Waals surface area contributed by atoms with Crippen LogP contribution >= 0.6 is 15.9 Å². The van der Waals surface area contributed by atoms with E-state index in [1.807, 2.05) is 41.4 Å². The Morgan fingerprint density at radius 3 is 2.64 bits per heavy atom. The van der Waals surface area contributed by atoms with E-state index in [1.54, 1.807) is 7.11 Å². The van der Waals surface area contributed by atoms with Gasteiger partial charge in [0.2, 0.25) is 5.91 Å². The molecule has 3 nitrogen and oxygen atoms in total. The van der Waals surface area contributed by atoms with Gasteiger partial charge < -0.3 is 9.64 Å². The van der Waals surface area contributed by atoms with Crippen molar-refractivity contribution in [2.75, 3.05) is 7.11 Å². The first-order chi connectivity index (χ1) is 12.2. The number of benzene rings is 2. The molecule has 0 radical (unpaired) electrons. The van der Waals surface area contributed by atoms with Crippen molar-refractivity contribution in [2.45, 2.75) is 32.2 Å². The van der Waals surface area contributed by atoms with Crippen LogP contribution in [0.3, 0.4) is 0 Å². The number of methoxy groups -OCH3 is 1. The molecule has 0 N–H and O–H groups in total. The van der Waals surface area contributed by atoms with E-state index < -0.39 is 0 Å². The lowest BCUT2D eigenvalue weighted by molar-refractivity contribution is -0.129. The topological polar surface area (TPSA) is 29.5 Å². The lowest BCUT2D eigenvalue weighted by Gasteiger charge is -2.25. The molecule has 0 atom stereocenters. The van der Waals surface area contributed by atoms with Crippen LogP contribution in [-0.4, -0.2) is 17.9 Å². The van der Waals surface area contributed by atoms with Crippen LogP contribution in [-0.2, 0) is 17.8 Å². The van der Waals surface area contributed by atoms with Gasteiger partial charge in [-0.25, -0.2) is 0 Å². The Bertz CT molecular complexity index is 771. The Kier molecular flexibility index (Phi) is 5.92. The SMILES string of the molecule is COc1ccc(Br)c(CCC2=CN(Cc3ccccc3)C(=O)CC2)c1. The summed E-state index contributed by atoms with van der Waals surface area (Å²) in [6, 6.07) is 16.2. The average molecular weight is 400 g/mol. The van der Waals surface area contributed by atoms with Crippen molar-refractivity contribution in [3.8, 4) is 5.75 Å². The van der Waals surface area contributed by atoms with Crippen LogP contribution < -0.4 is 4.74 Å². The standard InChI is InChI=1S/C21H22BrNO2/c1-25-19-10-11-20(22)18(13-19)9-7-17-8-12-21(24)23(15-17)14-16-5-3-2-4-6-16/h2-6,10-11,13,15H,7-9,12,14H2,1H3. The number of hydrogen-bond acceptors (Lipinski definition) is 2. The average Bonchev–Trinajstić information content (AvgIpc) is 2.64. The number of rotatable bonds is 6. The molecule has 0 unspecified atom stereocenters. The molecule has 1 aliphatic rings. The van der Waals surface area contributed by atoms with Crippen molar-refractivity contribution in [1.82, 2.24) is 4.90 Å². The third kappa shape index (κ3) is 4.73. The van der Waals surface area contributed by atoms with E-state index in [2.05, 4.69) is 34.1 Å². The summed E-state index contributed by atoms with van der Waals surface area (Å²) in [6.07, 6.45) is 5.37. The fourth-order valence-corrected chi connectivity index (χ4v) is 3.48. The molecular weight excluding hydrogens is 378 g/mol. The van der Waals surface area contributed by atoms with Crippen LogP contribution in [0.25, 0.3) is 0 Å². The molecule has 4 heteroatoms. The molecule has 0 aromatic heterocycles. The minimum Gasteiger partial charge on any atom is -0.497 e. The summed E-state index contributed by atoms with van der Waals surface area (Å²) in [6.45, 7) is 0.645. The number of halogens is 1. The molecule has 0 spiro atoms. The van der Waals surface area contributed by atoms with Gasteiger partial charge in [0.1, 0.15) is 5.75 Å². The molecule has 0 bridgehead atoms. The lowest BCUT2D eigenvalue weighted by atomic mass is 9.98. The number of nitrogens with zero attached hydrogens (tertiary/aromatic N) is 1. The molecule has 1 aliphatic heterocycles. The van der Waals surface area contributed by atoms with Crippen LogP contribution in [0.1, 0.15) is 30.4 Å². The molecule has 0 saturated heterocycles.